The van der Waals surface area contributed by atoms with Gasteiger partial charge in [0.05, 0.1) is 22.6 Å². The summed E-state index contributed by atoms with van der Waals surface area (Å²) in [7, 11) is -3.63. The van der Waals surface area contributed by atoms with Gasteiger partial charge in [0.1, 0.15) is 0 Å². The average molecular weight is 454 g/mol. The van der Waals surface area contributed by atoms with Gasteiger partial charge >= 0.3 is 0 Å². The summed E-state index contributed by atoms with van der Waals surface area (Å²) in [4.78, 5) is 13.2. The summed E-state index contributed by atoms with van der Waals surface area (Å²) < 4.78 is 27.3. The van der Waals surface area contributed by atoms with E-state index in [0.717, 1.165) is 12.0 Å². The molecule has 32 heavy (non-hydrogen) atoms. The minimum absolute atomic E-state index is 0.0153. The summed E-state index contributed by atoms with van der Waals surface area (Å²) in [6, 6.07) is 17.8. The highest BCUT2D eigenvalue weighted by Gasteiger charge is 2.33. The van der Waals surface area contributed by atoms with Crippen molar-refractivity contribution in [2.45, 2.75) is 51.0 Å². The topological polar surface area (TPSA) is 90.3 Å². The normalized spacial score (nSPS) is 16.8. The third kappa shape index (κ3) is 5.96. The highest BCUT2D eigenvalue weighted by Crippen LogP contribution is 2.31. The second-order valence-electron chi connectivity index (χ2n) is 9.55. The van der Waals surface area contributed by atoms with Crippen LogP contribution in [0.5, 0.6) is 0 Å². The van der Waals surface area contributed by atoms with Crippen molar-refractivity contribution < 1.29 is 13.2 Å². The molecule has 0 radical (unpaired) electrons. The fraction of sp³-hybridized carbons (Fsp3) is 0.440. The number of carbonyl (C=O) groups excluding carboxylic acids is 1. The van der Waals surface area contributed by atoms with Gasteiger partial charge in [-0.15, -0.1) is 0 Å². The van der Waals surface area contributed by atoms with Crippen LogP contribution in [0.4, 0.5) is 0 Å². The van der Waals surface area contributed by atoms with Gasteiger partial charge in [-0.25, -0.2) is 8.42 Å². The summed E-state index contributed by atoms with van der Waals surface area (Å²) in [5, 5.41) is 12.1. The van der Waals surface area contributed by atoms with Crippen LogP contribution in [0, 0.1) is 22.7 Å². The van der Waals surface area contributed by atoms with E-state index in [9.17, 15) is 13.2 Å². The van der Waals surface area contributed by atoms with E-state index in [0.29, 0.717) is 31.5 Å². The van der Waals surface area contributed by atoms with Crippen molar-refractivity contribution in [2.75, 3.05) is 13.1 Å². The third-order valence-electron chi connectivity index (χ3n) is 5.78. The molecule has 1 atom stereocenters. The number of sulfonamides is 1. The molecule has 7 heteroatoms. The van der Waals surface area contributed by atoms with Crippen molar-refractivity contribution in [3.63, 3.8) is 0 Å². The lowest BCUT2D eigenvalue weighted by molar-refractivity contribution is -0.127. The number of carbonyl (C=O) groups is 1. The van der Waals surface area contributed by atoms with E-state index in [-0.39, 0.29) is 28.2 Å². The van der Waals surface area contributed by atoms with Gasteiger partial charge in [-0.1, -0.05) is 51.1 Å². The molecule has 3 rings (SSSR count). The van der Waals surface area contributed by atoms with E-state index in [1.807, 2.05) is 36.4 Å². The SMILES string of the molecule is CC(C)(C)CC(NC(=O)C1CCN(S(=O)(=O)c2ccc(C#N)cc2)CC1)c1ccccc1. The molecule has 1 aliphatic rings. The van der Waals surface area contributed by atoms with E-state index in [1.165, 1.54) is 28.6 Å². The maximum atomic E-state index is 13.1. The molecule has 1 amide bonds. The van der Waals surface area contributed by atoms with Crippen molar-refractivity contribution in [1.29, 1.82) is 5.26 Å². The second-order valence-corrected chi connectivity index (χ2v) is 11.5. The van der Waals surface area contributed by atoms with Gasteiger partial charge < -0.3 is 5.32 Å². The molecule has 1 saturated heterocycles. The lowest BCUT2D eigenvalue weighted by atomic mass is 9.85. The van der Waals surface area contributed by atoms with Crippen LogP contribution in [0.2, 0.25) is 0 Å². The largest absolute Gasteiger partial charge is 0.349 e. The number of nitrogens with zero attached hydrogens (tertiary/aromatic N) is 2. The molecule has 0 spiro atoms. The van der Waals surface area contributed by atoms with E-state index < -0.39 is 10.0 Å². The maximum Gasteiger partial charge on any atom is 0.243 e. The van der Waals surface area contributed by atoms with Gasteiger partial charge in [0.25, 0.3) is 0 Å². The molecule has 1 N–H and O–H groups in total. The van der Waals surface area contributed by atoms with Gasteiger partial charge in [0, 0.05) is 19.0 Å². The highest BCUT2D eigenvalue weighted by atomic mass is 32.2. The van der Waals surface area contributed by atoms with Crippen molar-refractivity contribution in [3.05, 3.63) is 65.7 Å². The molecule has 1 unspecified atom stereocenters. The Morgan fingerprint density at radius 3 is 2.22 bits per heavy atom. The fourth-order valence-electron chi connectivity index (χ4n) is 4.05. The molecule has 0 saturated carbocycles. The number of piperidine rings is 1. The van der Waals surface area contributed by atoms with Crippen LogP contribution < -0.4 is 5.32 Å². The molecule has 0 aliphatic carbocycles. The Kier molecular flexibility index (Phi) is 7.37. The zero-order valence-corrected chi connectivity index (χ0v) is 19.7. The fourth-order valence-corrected chi connectivity index (χ4v) is 5.52. The third-order valence-corrected chi connectivity index (χ3v) is 7.69. The van der Waals surface area contributed by atoms with Crippen molar-refractivity contribution >= 4 is 15.9 Å². The van der Waals surface area contributed by atoms with Crippen LogP contribution in [0.15, 0.2) is 59.5 Å². The van der Waals surface area contributed by atoms with Crippen LogP contribution in [0.25, 0.3) is 0 Å². The first-order valence-electron chi connectivity index (χ1n) is 11.0. The Morgan fingerprint density at radius 1 is 1.09 bits per heavy atom. The van der Waals surface area contributed by atoms with Crippen LogP contribution in [-0.2, 0) is 14.8 Å². The second kappa shape index (κ2) is 9.85. The highest BCUT2D eigenvalue weighted by molar-refractivity contribution is 7.89. The van der Waals surface area contributed by atoms with Gasteiger partial charge in [0.2, 0.25) is 15.9 Å². The maximum absolute atomic E-state index is 13.1. The number of benzene rings is 2. The first-order valence-corrected chi connectivity index (χ1v) is 12.4. The van der Waals surface area contributed by atoms with E-state index >= 15 is 0 Å². The number of nitrogens with one attached hydrogen (secondary N) is 1. The van der Waals surface area contributed by atoms with Crippen LogP contribution in [0.3, 0.4) is 0 Å². The lowest BCUT2D eigenvalue weighted by Gasteiger charge is -2.33. The number of nitriles is 1. The Bertz CT molecular complexity index is 1060. The van der Waals surface area contributed by atoms with Crippen LogP contribution >= 0.6 is 0 Å². The number of amides is 1. The van der Waals surface area contributed by atoms with Gasteiger partial charge in [0.15, 0.2) is 0 Å². The van der Waals surface area contributed by atoms with Crippen molar-refractivity contribution in [1.82, 2.24) is 9.62 Å². The first-order chi connectivity index (χ1) is 15.1. The molecule has 2 aromatic rings. The molecule has 170 valence electrons. The molecule has 2 aromatic carbocycles. The Hall–Kier alpha value is -2.69. The lowest BCUT2D eigenvalue weighted by Crippen LogP contribution is -2.44. The molecular formula is C25H31N3O3S. The minimum Gasteiger partial charge on any atom is -0.349 e. The molecule has 0 aromatic heterocycles. The van der Waals surface area contributed by atoms with Gasteiger partial charge in [-0.3, -0.25) is 4.79 Å². The standard InChI is InChI=1S/C25H31N3O3S/c1-25(2,3)17-23(20-7-5-4-6-8-20)27-24(29)21-13-15-28(16-14-21)32(30,31)22-11-9-19(18-26)10-12-22/h4-12,21,23H,13-17H2,1-3H3,(H,27,29). The summed E-state index contributed by atoms with van der Waals surface area (Å²) in [6.07, 6.45) is 1.78. The zero-order valence-electron chi connectivity index (χ0n) is 18.9. The smallest absolute Gasteiger partial charge is 0.243 e. The van der Waals surface area contributed by atoms with Gasteiger partial charge in [-0.2, -0.15) is 9.57 Å². The first kappa shape index (κ1) is 24.0. The minimum atomic E-state index is -3.63. The summed E-state index contributed by atoms with van der Waals surface area (Å²) in [5.74, 6) is -0.230. The van der Waals surface area contributed by atoms with E-state index in [2.05, 4.69) is 26.1 Å². The summed E-state index contributed by atoms with van der Waals surface area (Å²) in [6.45, 7) is 7.07. The predicted octanol–water partition coefficient (Wildman–Crippen LogP) is 4.25. The predicted molar refractivity (Wildman–Crippen MR) is 124 cm³/mol. The van der Waals surface area contributed by atoms with Crippen LogP contribution in [-0.4, -0.2) is 31.7 Å². The molecule has 1 heterocycles. The van der Waals surface area contributed by atoms with Crippen molar-refractivity contribution in [2.24, 2.45) is 11.3 Å². The van der Waals surface area contributed by atoms with Crippen LogP contribution in [0.1, 0.15) is 57.2 Å². The monoisotopic (exact) mass is 453 g/mol. The molecule has 0 bridgehead atoms. The Labute approximate surface area is 191 Å². The van der Waals surface area contributed by atoms with Crippen molar-refractivity contribution in [3.8, 4) is 6.07 Å². The number of hydrogen-bond donors (Lipinski definition) is 1. The number of rotatable bonds is 6. The summed E-state index contributed by atoms with van der Waals surface area (Å²) >= 11 is 0. The Morgan fingerprint density at radius 2 is 1.69 bits per heavy atom. The molecule has 1 aliphatic heterocycles. The number of hydrogen-bond acceptors (Lipinski definition) is 4. The average Bonchev–Trinajstić information content (AvgIpc) is 2.78. The van der Waals surface area contributed by atoms with E-state index in [4.69, 9.17) is 5.26 Å². The molecular weight excluding hydrogens is 422 g/mol. The van der Waals surface area contributed by atoms with Gasteiger partial charge in [-0.05, 0) is 54.5 Å². The summed E-state index contributed by atoms with van der Waals surface area (Å²) in [5.41, 5.74) is 1.55. The van der Waals surface area contributed by atoms with E-state index in [1.54, 1.807) is 0 Å². The zero-order chi connectivity index (χ0) is 23.4. The molecule has 1 fully saturated rings. The quantitative estimate of drug-likeness (QED) is 0.708. The molecule has 6 nitrogen and oxygen atoms in total. The Balaban J connectivity index is 1.64.